The van der Waals surface area contributed by atoms with Crippen LogP contribution in [0.1, 0.15) is 20.8 Å². The molecule has 52 valence electrons. The second-order valence-electron chi connectivity index (χ2n) is 1.97. The molecule has 0 aliphatic heterocycles. The lowest BCUT2D eigenvalue weighted by molar-refractivity contribution is -0.112. The molecule has 0 aliphatic carbocycles. The number of carbonyl (C=O) groups excluding carboxylic acids is 1. The SMILES string of the molecule is CCN/C(C)=C\C(C)=O. The van der Waals surface area contributed by atoms with Crippen molar-refractivity contribution in [2.75, 3.05) is 6.54 Å². The molecule has 0 aromatic heterocycles. The van der Waals surface area contributed by atoms with E-state index in [0.29, 0.717) is 0 Å². The van der Waals surface area contributed by atoms with Crippen LogP contribution in [-0.2, 0) is 4.79 Å². The molecule has 0 aromatic carbocycles. The highest BCUT2D eigenvalue weighted by Gasteiger charge is 1.86. The van der Waals surface area contributed by atoms with Gasteiger partial charge in [0, 0.05) is 12.2 Å². The van der Waals surface area contributed by atoms with Gasteiger partial charge in [0.15, 0.2) is 5.78 Å². The van der Waals surface area contributed by atoms with Gasteiger partial charge < -0.3 is 5.32 Å². The molecule has 2 heteroatoms. The molecule has 0 unspecified atom stereocenters. The van der Waals surface area contributed by atoms with Crippen LogP contribution in [0.25, 0.3) is 0 Å². The summed E-state index contributed by atoms with van der Waals surface area (Å²) in [6.07, 6.45) is 1.59. The fourth-order valence-electron chi connectivity index (χ4n) is 0.635. The molecule has 2 nitrogen and oxygen atoms in total. The predicted molar refractivity (Wildman–Crippen MR) is 38.1 cm³/mol. The number of rotatable bonds is 3. The monoisotopic (exact) mass is 127 g/mol. The Kier molecular flexibility index (Phi) is 3.76. The first kappa shape index (κ1) is 8.21. The highest BCUT2D eigenvalue weighted by molar-refractivity contribution is 5.87. The van der Waals surface area contributed by atoms with E-state index in [1.165, 1.54) is 0 Å². The Morgan fingerprint density at radius 2 is 2.11 bits per heavy atom. The standard InChI is InChI=1S/C7H13NO/c1-4-8-6(2)5-7(3)9/h5,8H,4H2,1-3H3/b6-5-. The minimum Gasteiger partial charge on any atom is -0.389 e. The zero-order valence-corrected chi connectivity index (χ0v) is 6.19. The van der Waals surface area contributed by atoms with Crippen LogP contribution in [0.4, 0.5) is 0 Å². The second kappa shape index (κ2) is 4.13. The van der Waals surface area contributed by atoms with Crippen LogP contribution < -0.4 is 5.32 Å². The van der Waals surface area contributed by atoms with E-state index in [9.17, 15) is 4.79 Å². The van der Waals surface area contributed by atoms with Gasteiger partial charge in [-0.15, -0.1) is 0 Å². The topological polar surface area (TPSA) is 29.1 Å². The highest BCUT2D eigenvalue weighted by Crippen LogP contribution is 1.84. The number of allylic oxidation sites excluding steroid dienone is 2. The van der Waals surface area contributed by atoms with Crippen LogP contribution in [0.3, 0.4) is 0 Å². The number of ketones is 1. The summed E-state index contributed by atoms with van der Waals surface area (Å²) in [7, 11) is 0. The summed E-state index contributed by atoms with van der Waals surface area (Å²) in [6, 6.07) is 0. The molecule has 1 N–H and O–H groups in total. The molecule has 0 bridgehead atoms. The van der Waals surface area contributed by atoms with Crippen molar-refractivity contribution < 1.29 is 4.79 Å². The van der Waals surface area contributed by atoms with Crippen molar-refractivity contribution in [3.63, 3.8) is 0 Å². The highest BCUT2D eigenvalue weighted by atomic mass is 16.1. The predicted octanol–water partition coefficient (Wildman–Crippen LogP) is 1.09. The normalized spacial score (nSPS) is 11.2. The van der Waals surface area contributed by atoms with E-state index >= 15 is 0 Å². The molecule has 0 heterocycles. The molecule has 0 saturated carbocycles. The Morgan fingerprint density at radius 1 is 1.56 bits per heavy atom. The zero-order valence-electron chi connectivity index (χ0n) is 6.19. The van der Waals surface area contributed by atoms with Crippen molar-refractivity contribution in [2.45, 2.75) is 20.8 Å². The maximum absolute atomic E-state index is 10.4. The van der Waals surface area contributed by atoms with Gasteiger partial charge in [-0.25, -0.2) is 0 Å². The van der Waals surface area contributed by atoms with Gasteiger partial charge >= 0.3 is 0 Å². The van der Waals surface area contributed by atoms with Gasteiger partial charge in [-0.1, -0.05) is 0 Å². The Balaban J connectivity index is 3.69. The largest absolute Gasteiger partial charge is 0.389 e. The molecule has 0 saturated heterocycles. The summed E-state index contributed by atoms with van der Waals surface area (Å²) in [5.41, 5.74) is 0.935. The third-order valence-corrected chi connectivity index (χ3v) is 0.875. The molecule has 0 aromatic rings. The van der Waals surface area contributed by atoms with Crippen molar-refractivity contribution in [3.8, 4) is 0 Å². The van der Waals surface area contributed by atoms with E-state index < -0.39 is 0 Å². The van der Waals surface area contributed by atoms with Crippen molar-refractivity contribution in [1.82, 2.24) is 5.32 Å². The number of carbonyl (C=O) groups is 1. The van der Waals surface area contributed by atoms with Gasteiger partial charge in [-0.05, 0) is 26.8 Å². The Labute approximate surface area is 56.0 Å². The van der Waals surface area contributed by atoms with Gasteiger partial charge in [0.25, 0.3) is 0 Å². The first-order valence-electron chi connectivity index (χ1n) is 3.09. The minimum atomic E-state index is 0.0912. The van der Waals surface area contributed by atoms with E-state index in [1.54, 1.807) is 13.0 Å². The summed E-state index contributed by atoms with van der Waals surface area (Å²) in [5, 5.41) is 3.02. The average Bonchev–Trinajstić information content (AvgIpc) is 1.63. The van der Waals surface area contributed by atoms with Crippen molar-refractivity contribution in [3.05, 3.63) is 11.8 Å². The van der Waals surface area contributed by atoms with Gasteiger partial charge in [-0.3, -0.25) is 4.79 Å². The fraction of sp³-hybridized carbons (Fsp3) is 0.571. The maximum atomic E-state index is 10.4. The third-order valence-electron chi connectivity index (χ3n) is 0.875. The van der Waals surface area contributed by atoms with Crippen molar-refractivity contribution in [1.29, 1.82) is 0 Å². The van der Waals surface area contributed by atoms with E-state index in [4.69, 9.17) is 0 Å². The Morgan fingerprint density at radius 3 is 2.44 bits per heavy atom. The minimum absolute atomic E-state index is 0.0912. The summed E-state index contributed by atoms with van der Waals surface area (Å²) in [4.78, 5) is 10.4. The Bertz CT molecular complexity index is 127. The lowest BCUT2D eigenvalue weighted by atomic mass is 10.3. The van der Waals surface area contributed by atoms with Crippen LogP contribution in [0.2, 0.25) is 0 Å². The molecule has 0 spiro atoms. The number of nitrogens with one attached hydrogen (secondary N) is 1. The van der Waals surface area contributed by atoms with Crippen LogP contribution in [0, 0.1) is 0 Å². The van der Waals surface area contributed by atoms with Gasteiger partial charge in [0.1, 0.15) is 0 Å². The number of hydrogen-bond acceptors (Lipinski definition) is 2. The van der Waals surface area contributed by atoms with E-state index in [1.807, 2.05) is 13.8 Å². The molecule has 0 atom stereocenters. The lowest BCUT2D eigenvalue weighted by Gasteiger charge is -1.99. The summed E-state index contributed by atoms with van der Waals surface area (Å²) >= 11 is 0. The first-order valence-corrected chi connectivity index (χ1v) is 3.09. The van der Waals surface area contributed by atoms with E-state index in [0.717, 1.165) is 12.2 Å². The molecular formula is C7H13NO. The summed E-state index contributed by atoms with van der Waals surface area (Å²) in [5.74, 6) is 0.0912. The fourth-order valence-corrected chi connectivity index (χ4v) is 0.635. The molecule has 0 rings (SSSR count). The summed E-state index contributed by atoms with van der Waals surface area (Å²) < 4.78 is 0. The lowest BCUT2D eigenvalue weighted by Crippen LogP contribution is -2.10. The van der Waals surface area contributed by atoms with Gasteiger partial charge in [0.2, 0.25) is 0 Å². The maximum Gasteiger partial charge on any atom is 0.154 e. The molecule has 0 amide bonds. The quantitative estimate of drug-likeness (QED) is 0.575. The average molecular weight is 127 g/mol. The second-order valence-corrected chi connectivity index (χ2v) is 1.97. The van der Waals surface area contributed by atoms with Gasteiger partial charge in [-0.2, -0.15) is 0 Å². The summed E-state index contributed by atoms with van der Waals surface area (Å²) in [6.45, 7) is 6.29. The van der Waals surface area contributed by atoms with Crippen LogP contribution >= 0.6 is 0 Å². The molecule has 0 aliphatic rings. The molecular weight excluding hydrogens is 114 g/mol. The zero-order chi connectivity index (χ0) is 7.28. The number of hydrogen-bond donors (Lipinski definition) is 1. The van der Waals surface area contributed by atoms with E-state index in [2.05, 4.69) is 5.32 Å². The molecule has 9 heavy (non-hydrogen) atoms. The van der Waals surface area contributed by atoms with Gasteiger partial charge in [0.05, 0.1) is 0 Å². The first-order chi connectivity index (χ1) is 4.16. The van der Waals surface area contributed by atoms with Crippen molar-refractivity contribution >= 4 is 5.78 Å². The van der Waals surface area contributed by atoms with Crippen LogP contribution in [0.15, 0.2) is 11.8 Å². The molecule has 0 fully saturated rings. The smallest absolute Gasteiger partial charge is 0.154 e. The van der Waals surface area contributed by atoms with Crippen LogP contribution in [0.5, 0.6) is 0 Å². The van der Waals surface area contributed by atoms with Crippen molar-refractivity contribution in [2.24, 2.45) is 0 Å². The van der Waals surface area contributed by atoms with Crippen LogP contribution in [-0.4, -0.2) is 12.3 Å². The Hall–Kier alpha value is -0.790. The third kappa shape index (κ3) is 5.07. The van der Waals surface area contributed by atoms with E-state index in [-0.39, 0.29) is 5.78 Å². The molecule has 0 radical (unpaired) electrons.